The van der Waals surface area contributed by atoms with Crippen LogP contribution in [0.3, 0.4) is 0 Å². The number of amides is 2. The Morgan fingerprint density at radius 1 is 1.00 bits per heavy atom. The topological polar surface area (TPSA) is 93.7 Å². The lowest BCUT2D eigenvalue weighted by atomic mass is 10.0. The molecular weight excluding hydrogens is 391 g/mol. The fourth-order valence-electron chi connectivity index (χ4n) is 2.58. The van der Waals surface area contributed by atoms with Crippen molar-refractivity contribution in [3.8, 4) is 5.75 Å². The molecule has 0 aliphatic carbocycles. The van der Waals surface area contributed by atoms with E-state index in [2.05, 4.69) is 10.6 Å². The van der Waals surface area contributed by atoms with Crippen molar-refractivity contribution in [2.24, 2.45) is 5.92 Å². The molecule has 2 N–H and O–H groups in total. The highest BCUT2D eigenvalue weighted by atomic mass is 19.1. The second-order valence-corrected chi connectivity index (χ2v) is 7.00. The Bertz CT molecular complexity index is 899. The van der Waals surface area contributed by atoms with Crippen molar-refractivity contribution in [1.82, 2.24) is 5.32 Å². The molecule has 7 nitrogen and oxygen atoms in total. The van der Waals surface area contributed by atoms with Gasteiger partial charge in [0.15, 0.2) is 6.10 Å². The molecule has 0 unspecified atom stereocenters. The van der Waals surface area contributed by atoms with Gasteiger partial charge < -0.3 is 20.1 Å². The van der Waals surface area contributed by atoms with E-state index in [4.69, 9.17) is 9.47 Å². The number of halogens is 1. The number of rotatable bonds is 8. The quantitative estimate of drug-likeness (QED) is 0.645. The zero-order valence-electron chi connectivity index (χ0n) is 17.3. The first-order valence-corrected chi connectivity index (χ1v) is 9.43. The molecule has 2 aromatic carbocycles. The summed E-state index contributed by atoms with van der Waals surface area (Å²) in [5, 5.41) is 5.11. The number of nitrogens with one attached hydrogen (secondary N) is 2. The summed E-state index contributed by atoms with van der Waals surface area (Å²) in [7, 11) is 1.52. The van der Waals surface area contributed by atoms with E-state index in [9.17, 15) is 18.8 Å². The highest BCUT2D eigenvalue weighted by Crippen LogP contribution is 2.14. The zero-order chi connectivity index (χ0) is 22.3. The average Bonchev–Trinajstić information content (AvgIpc) is 2.71. The highest BCUT2D eigenvalue weighted by molar-refractivity contribution is 5.98. The van der Waals surface area contributed by atoms with Crippen molar-refractivity contribution in [2.45, 2.75) is 32.9 Å². The molecule has 0 spiro atoms. The van der Waals surface area contributed by atoms with E-state index in [-0.39, 0.29) is 11.6 Å². The third-order valence-electron chi connectivity index (χ3n) is 4.31. The van der Waals surface area contributed by atoms with Gasteiger partial charge in [0.1, 0.15) is 17.6 Å². The fourth-order valence-corrected chi connectivity index (χ4v) is 2.58. The number of hydrogen-bond donors (Lipinski definition) is 2. The Morgan fingerprint density at radius 3 is 2.23 bits per heavy atom. The summed E-state index contributed by atoms with van der Waals surface area (Å²) in [6, 6.07) is 10.8. The van der Waals surface area contributed by atoms with Gasteiger partial charge in [-0.2, -0.15) is 0 Å². The maximum Gasteiger partial charge on any atom is 0.329 e. The van der Waals surface area contributed by atoms with Gasteiger partial charge in [0, 0.05) is 11.3 Å². The Balaban J connectivity index is 1.99. The molecule has 30 heavy (non-hydrogen) atoms. The summed E-state index contributed by atoms with van der Waals surface area (Å²) in [6.45, 7) is 4.89. The second kappa shape index (κ2) is 10.4. The standard InChI is InChI=1S/C22H25FN2O5/c1-13(2)19(25-21(27)15-8-10-18(29-4)11-9-15)22(28)30-14(3)20(26)24-17-7-5-6-16(23)12-17/h5-14,19H,1-4H3,(H,24,26)(H,25,27)/t14-,19-/m0/s1. The van der Waals surface area contributed by atoms with Crippen LogP contribution in [-0.4, -0.2) is 37.0 Å². The van der Waals surface area contributed by atoms with Gasteiger partial charge in [-0.15, -0.1) is 0 Å². The zero-order valence-corrected chi connectivity index (χ0v) is 17.3. The summed E-state index contributed by atoms with van der Waals surface area (Å²) in [5.74, 6) is -1.99. The summed E-state index contributed by atoms with van der Waals surface area (Å²) in [6.07, 6.45) is -1.14. The largest absolute Gasteiger partial charge is 0.497 e. The van der Waals surface area contributed by atoms with Crippen molar-refractivity contribution in [1.29, 1.82) is 0 Å². The Kier molecular flexibility index (Phi) is 7.91. The molecule has 0 aromatic heterocycles. The summed E-state index contributed by atoms with van der Waals surface area (Å²) in [5.41, 5.74) is 0.599. The Morgan fingerprint density at radius 2 is 1.67 bits per heavy atom. The molecule has 0 aliphatic rings. The minimum absolute atomic E-state index is 0.246. The first-order chi connectivity index (χ1) is 14.2. The van der Waals surface area contributed by atoms with E-state index in [0.717, 1.165) is 6.07 Å². The predicted octanol–water partition coefficient (Wildman–Crippen LogP) is 3.16. The van der Waals surface area contributed by atoms with Crippen LogP contribution in [0, 0.1) is 11.7 Å². The molecule has 0 saturated heterocycles. The van der Waals surface area contributed by atoms with Crippen molar-refractivity contribution in [3.63, 3.8) is 0 Å². The van der Waals surface area contributed by atoms with Crippen LogP contribution < -0.4 is 15.4 Å². The van der Waals surface area contributed by atoms with Gasteiger partial charge in [-0.05, 0) is 55.3 Å². The molecule has 0 bridgehead atoms. The summed E-state index contributed by atoms with van der Waals surface area (Å²) in [4.78, 5) is 37.3. The number of esters is 1. The minimum atomic E-state index is -1.14. The molecule has 0 fully saturated rings. The lowest BCUT2D eigenvalue weighted by Gasteiger charge is -2.23. The first-order valence-electron chi connectivity index (χ1n) is 9.43. The number of carbonyl (C=O) groups is 3. The molecule has 0 radical (unpaired) electrons. The van der Waals surface area contributed by atoms with Gasteiger partial charge in [-0.3, -0.25) is 9.59 Å². The van der Waals surface area contributed by atoms with E-state index in [0.29, 0.717) is 11.3 Å². The van der Waals surface area contributed by atoms with Crippen LogP contribution in [0.2, 0.25) is 0 Å². The van der Waals surface area contributed by atoms with Crippen LogP contribution in [0.5, 0.6) is 5.75 Å². The molecule has 2 atom stereocenters. The van der Waals surface area contributed by atoms with Crippen LogP contribution in [0.4, 0.5) is 10.1 Å². The highest BCUT2D eigenvalue weighted by Gasteiger charge is 2.29. The molecular formula is C22H25FN2O5. The van der Waals surface area contributed by atoms with Gasteiger partial charge in [-0.25, -0.2) is 9.18 Å². The third-order valence-corrected chi connectivity index (χ3v) is 4.31. The Labute approximate surface area is 174 Å². The van der Waals surface area contributed by atoms with Gasteiger partial charge >= 0.3 is 5.97 Å². The maximum atomic E-state index is 13.2. The van der Waals surface area contributed by atoms with Gasteiger partial charge in [0.25, 0.3) is 11.8 Å². The van der Waals surface area contributed by atoms with E-state index in [1.165, 1.54) is 32.2 Å². The second-order valence-electron chi connectivity index (χ2n) is 7.00. The van der Waals surface area contributed by atoms with Gasteiger partial charge in [0.2, 0.25) is 0 Å². The van der Waals surface area contributed by atoms with E-state index in [1.807, 2.05) is 0 Å². The molecule has 2 aromatic rings. The summed E-state index contributed by atoms with van der Waals surface area (Å²) < 4.78 is 23.5. The molecule has 0 saturated carbocycles. The fraction of sp³-hybridized carbons (Fsp3) is 0.318. The van der Waals surface area contributed by atoms with Crippen LogP contribution in [0.1, 0.15) is 31.1 Å². The molecule has 8 heteroatoms. The predicted molar refractivity (Wildman–Crippen MR) is 110 cm³/mol. The van der Waals surface area contributed by atoms with Crippen LogP contribution >= 0.6 is 0 Å². The number of hydrogen-bond acceptors (Lipinski definition) is 5. The Hall–Kier alpha value is -3.42. The van der Waals surface area contributed by atoms with Gasteiger partial charge in [0.05, 0.1) is 7.11 Å². The molecule has 2 rings (SSSR count). The summed E-state index contributed by atoms with van der Waals surface area (Å²) >= 11 is 0. The van der Waals surface area contributed by atoms with Crippen LogP contribution in [-0.2, 0) is 14.3 Å². The van der Waals surface area contributed by atoms with Crippen molar-refractivity contribution >= 4 is 23.5 Å². The van der Waals surface area contributed by atoms with Crippen molar-refractivity contribution in [2.75, 3.05) is 12.4 Å². The van der Waals surface area contributed by atoms with E-state index < -0.39 is 35.7 Å². The van der Waals surface area contributed by atoms with E-state index in [1.54, 1.807) is 38.1 Å². The number of benzene rings is 2. The molecule has 0 aliphatic heterocycles. The molecule has 0 heterocycles. The lowest BCUT2D eigenvalue weighted by Crippen LogP contribution is -2.47. The molecule has 2 amide bonds. The monoisotopic (exact) mass is 416 g/mol. The normalized spacial score (nSPS) is 12.6. The smallest absolute Gasteiger partial charge is 0.329 e. The molecule has 160 valence electrons. The first kappa shape index (κ1) is 22.9. The van der Waals surface area contributed by atoms with Gasteiger partial charge in [-0.1, -0.05) is 19.9 Å². The average molecular weight is 416 g/mol. The van der Waals surface area contributed by atoms with Crippen LogP contribution in [0.15, 0.2) is 48.5 Å². The lowest BCUT2D eigenvalue weighted by molar-refractivity contribution is -0.156. The number of methoxy groups -OCH3 is 1. The SMILES string of the molecule is COc1ccc(C(=O)N[C@H](C(=O)O[C@@H](C)C(=O)Nc2cccc(F)c2)C(C)C)cc1. The maximum absolute atomic E-state index is 13.2. The van der Waals surface area contributed by atoms with Crippen molar-refractivity contribution in [3.05, 3.63) is 59.9 Å². The minimum Gasteiger partial charge on any atom is -0.497 e. The van der Waals surface area contributed by atoms with E-state index >= 15 is 0 Å². The number of anilines is 1. The van der Waals surface area contributed by atoms with Crippen LogP contribution in [0.25, 0.3) is 0 Å². The number of carbonyl (C=O) groups excluding carboxylic acids is 3. The third kappa shape index (κ3) is 6.30. The van der Waals surface area contributed by atoms with Crippen molar-refractivity contribution < 1.29 is 28.2 Å². The number of ether oxygens (including phenoxy) is 2.